The molecule has 0 aliphatic rings. The summed E-state index contributed by atoms with van der Waals surface area (Å²) in [5.41, 5.74) is 6.43. The van der Waals surface area contributed by atoms with Gasteiger partial charge in [-0.05, 0) is 18.2 Å². The van der Waals surface area contributed by atoms with E-state index in [1.54, 1.807) is 29.1 Å². The first-order valence-electron chi connectivity index (χ1n) is 4.03. The molecule has 5 heteroatoms. The van der Waals surface area contributed by atoms with Gasteiger partial charge in [-0.1, -0.05) is 0 Å². The zero-order valence-electron chi connectivity index (χ0n) is 7.29. The number of amides is 1. The van der Waals surface area contributed by atoms with Crippen molar-refractivity contribution in [2.24, 2.45) is 5.73 Å². The lowest BCUT2D eigenvalue weighted by molar-refractivity contribution is -0.113. The second kappa shape index (κ2) is 3.29. The molecule has 0 aromatic carbocycles. The van der Waals surface area contributed by atoms with E-state index in [1.807, 2.05) is 6.07 Å². The van der Waals surface area contributed by atoms with E-state index in [1.165, 1.54) is 6.08 Å². The van der Waals surface area contributed by atoms with Crippen LogP contribution in [0.4, 0.5) is 0 Å². The van der Waals surface area contributed by atoms with Crippen LogP contribution in [-0.4, -0.2) is 20.5 Å². The second-order valence-corrected chi connectivity index (χ2v) is 2.71. The van der Waals surface area contributed by atoms with Crippen molar-refractivity contribution in [2.45, 2.75) is 0 Å². The first-order valence-corrected chi connectivity index (χ1v) is 4.03. The quantitative estimate of drug-likeness (QED) is 0.685. The van der Waals surface area contributed by atoms with E-state index in [2.05, 4.69) is 10.1 Å². The fourth-order valence-electron chi connectivity index (χ4n) is 1.13. The van der Waals surface area contributed by atoms with Gasteiger partial charge in [-0.3, -0.25) is 4.79 Å². The molecule has 0 atom stereocenters. The lowest BCUT2D eigenvalue weighted by Crippen LogP contribution is -2.05. The lowest BCUT2D eigenvalue weighted by atomic mass is 10.4. The minimum Gasteiger partial charge on any atom is -0.366 e. The van der Waals surface area contributed by atoms with Gasteiger partial charge in [0.15, 0.2) is 5.65 Å². The second-order valence-electron chi connectivity index (χ2n) is 2.71. The Hall–Kier alpha value is -2.17. The largest absolute Gasteiger partial charge is 0.366 e. The van der Waals surface area contributed by atoms with Crippen LogP contribution in [0.3, 0.4) is 0 Å². The highest BCUT2D eigenvalue weighted by atomic mass is 16.1. The maximum atomic E-state index is 10.5. The van der Waals surface area contributed by atoms with Gasteiger partial charge in [-0.15, -0.1) is 0 Å². The van der Waals surface area contributed by atoms with Crippen molar-refractivity contribution in [1.82, 2.24) is 14.6 Å². The van der Waals surface area contributed by atoms with Crippen molar-refractivity contribution in [3.05, 3.63) is 36.3 Å². The van der Waals surface area contributed by atoms with Crippen LogP contribution < -0.4 is 5.73 Å². The fraction of sp³-hybridized carbons (Fsp3) is 0. The van der Waals surface area contributed by atoms with Crippen molar-refractivity contribution >= 4 is 17.6 Å². The van der Waals surface area contributed by atoms with Crippen LogP contribution in [0.5, 0.6) is 0 Å². The third-order valence-corrected chi connectivity index (χ3v) is 1.72. The van der Waals surface area contributed by atoms with Crippen molar-refractivity contribution in [3.63, 3.8) is 0 Å². The standard InChI is InChI=1S/C9H8N4O/c10-8(14)4-3-7-6-11-9-2-1-5-12-13(7)9/h1-6H,(H2,10,14). The average molecular weight is 188 g/mol. The van der Waals surface area contributed by atoms with E-state index < -0.39 is 5.91 Å². The Bertz CT molecular complexity index is 500. The smallest absolute Gasteiger partial charge is 0.241 e. The molecule has 0 aliphatic carbocycles. The van der Waals surface area contributed by atoms with Crippen LogP contribution in [0.1, 0.15) is 5.69 Å². The molecule has 0 saturated heterocycles. The molecule has 0 unspecified atom stereocenters. The van der Waals surface area contributed by atoms with Gasteiger partial charge in [0.1, 0.15) is 0 Å². The zero-order chi connectivity index (χ0) is 9.97. The maximum absolute atomic E-state index is 10.5. The van der Waals surface area contributed by atoms with E-state index in [-0.39, 0.29) is 0 Å². The number of hydrogen-bond acceptors (Lipinski definition) is 3. The van der Waals surface area contributed by atoms with Gasteiger partial charge in [0.2, 0.25) is 5.91 Å². The minimum absolute atomic E-state index is 0.490. The van der Waals surface area contributed by atoms with Crippen molar-refractivity contribution in [2.75, 3.05) is 0 Å². The van der Waals surface area contributed by atoms with Crippen LogP contribution >= 0.6 is 0 Å². The number of nitrogens with zero attached hydrogens (tertiary/aromatic N) is 3. The highest BCUT2D eigenvalue weighted by Gasteiger charge is 1.99. The molecule has 0 radical (unpaired) electrons. The SMILES string of the molecule is NC(=O)C=Cc1cnc2cccnn12. The van der Waals surface area contributed by atoms with Gasteiger partial charge in [-0.2, -0.15) is 5.10 Å². The Morgan fingerprint density at radius 1 is 1.57 bits per heavy atom. The Kier molecular flexibility index (Phi) is 1.98. The summed E-state index contributed by atoms with van der Waals surface area (Å²) in [7, 11) is 0. The number of nitrogens with two attached hydrogens (primary N) is 1. The highest BCUT2D eigenvalue weighted by Crippen LogP contribution is 2.04. The van der Waals surface area contributed by atoms with Crippen LogP contribution in [-0.2, 0) is 4.79 Å². The molecule has 0 fully saturated rings. The summed E-state index contributed by atoms with van der Waals surface area (Å²) in [5, 5.41) is 4.07. The number of primary amides is 1. The van der Waals surface area contributed by atoms with Crippen LogP contribution in [0.25, 0.3) is 11.7 Å². The van der Waals surface area contributed by atoms with E-state index in [0.717, 1.165) is 11.3 Å². The summed E-state index contributed by atoms with van der Waals surface area (Å²) < 4.78 is 1.62. The van der Waals surface area contributed by atoms with Gasteiger partial charge >= 0.3 is 0 Å². The molecular weight excluding hydrogens is 180 g/mol. The van der Waals surface area contributed by atoms with Gasteiger partial charge in [0, 0.05) is 12.3 Å². The molecule has 2 heterocycles. The van der Waals surface area contributed by atoms with Crippen molar-refractivity contribution in [1.29, 1.82) is 0 Å². The number of aromatic nitrogens is 3. The molecule has 5 nitrogen and oxygen atoms in total. The molecule has 0 spiro atoms. The molecule has 0 bridgehead atoms. The molecule has 1 amide bonds. The molecular formula is C9H8N4O. The van der Waals surface area contributed by atoms with Gasteiger partial charge < -0.3 is 5.73 Å². The van der Waals surface area contributed by atoms with E-state index in [4.69, 9.17) is 5.73 Å². The fourth-order valence-corrected chi connectivity index (χ4v) is 1.13. The topological polar surface area (TPSA) is 73.3 Å². The molecule has 2 aromatic rings. The Labute approximate surface area is 79.9 Å². The minimum atomic E-state index is -0.490. The summed E-state index contributed by atoms with van der Waals surface area (Å²) in [4.78, 5) is 14.6. The Balaban J connectivity index is 2.48. The predicted octanol–water partition coefficient (Wildman–Crippen LogP) is 0.228. The third kappa shape index (κ3) is 1.47. The maximum Gasteiger partial charge on any atom is 0.241 e. The zero-order valence-corrected chi connectivity index (χ0v) is 7.29. The molecule has 0 aliphatic heterocycles. The number of rotatable bonds is 2. The number of fused-ring (bicyclic) bond motifs is 1. The van der Waals surface area contributed by atoms with Gasteiger partial charge in [0.05, 0.1) is 11.9 Å². The van der Waals surface area contributed by atoms with E-state index in [0.29, 0.717) is 0 Å². The summed E-state index contributed by atoms with van der Waals surface area (Å²) >= 11 is 0. The van der Waals surface area contributed by atoms with Gasteiger partial charge in [0.25, 0.3) is 0 Å². The number of hydrogen-bond donors (Lipinski definition) is 1. The van der Waals surface area contributed by atoms with Crippen LogP contribution in [0, 0.1) is 0 Å². The highest BCUT2D eigenvalue weighted by molar-refractivity contribution is 5.90. The van der Waals surface area contributed by atoms with Crippen LogP contribution in [0.2, 0.25) is 0 Å². The van der Waals surface area contributed by atoms with E-state index in [9.17, 15) is 4.79 Å². The molecule has 14 heavy (non-hydrogen) atoms. The summed E-state index contributed by atoms with van der Waals surface area (Å²) in [5.74, 6) is -0.490. The molecule has 0 saturated carbocycles. The number of imidazole rings is 1. The predicted molar refractivity (Wildman–Crippen MR) is 51.2 cm³/mol. The van der Waals surface area contributed by atoms with Crippen molar-refractivity contribution < 1.29 is 4.79 Å². The summed E-state index contributed by atoms with van der Waals surface area (Å²) in [6, 6.07) is 3.62. The monoisotopic (exact) mass is 188 g/mol. The molecule has 2 rings (SSSR count). The average Bonchev–Trinajstić information content (AvgIpc) is 2.58. The first kappa shape index (κ1) is 8.43. The number of carbonyl (C=O) groups is 1. The number of carbonyl (C=O) groups excluding carboxylic acids is 1. The third-order valence-electron chi connectivity index (χ3n) is 1.72. The molecule has 70 valence electrons. The Morgan fingerprint density at radius 2 is 2.43 bits per heavy atom. The summed E-state index contributed by atoms with van der Waals surface area (Å²) in [6.45, 7) is 0. The molecule has 2 N–H and O–H groups in total. The first-order chi connectivity index (χ1) is 6.77. The van der Waals surface area contributed by atoms with Crippen molar-refractivity contribution in [3.8, 4) is 0 Å². The molecule has 2 aromatic heterocycles. The normalized spacial score (nSPS) is 11.1. The van der Waals surface area contributed by atoms with Crippen LogP contribution in [0.15, 0.2) is 30.6 Å². The van der Waals surface area contributed by atoms with Gasteiger partial charge in [-0.25, -0.2) is 9.50 Å². The lowest BCUT2D eigenvalue weighted by Gasteiger charge is -1.92. The van der Waals surface area contributed by atoms with E-state index >= 15 is 0 Å². The summed E-state index contributed by atoms with van der Waals surface area (Å²) in [6.07, 6.45) is 6.13. The Morgan fingerprint density at radius 3 is 3.21 bits per heavy atom.